The molecule has 0 aromatic heterocycles. The van der Waals surface area contributed by atoms with Crippen LogP contribution in [0, 0.1) is 0 Å². The van der Waals surface area contributed by atoms with Crippen molar-refractivity contribution in [3.8, 4) is 0 Å². The molecular formula is C10H8Cl2F3NO2. The van der Waals surface area contributed by atoms with Gasteiger partial charge in [-0.15, -0.1) is 12.4 Å². The fraction of sp³-hybridized carbons (Fsp3) is 0.300. The van der Waals surface area contributed by atoms with Gasteiger partial charge in [0.2, 0.25) is 0 Å². The van der Waals surface area contributed by atoms with Crippen molar-refractivity contribution >= 4 is 30.1 Å². The Kier molecular flexibility index (Phi) is 4.34. The molecule has 1 heterocycles. The van der Waals surface area contributed by atoms with Gasteiger partial charge < -0.3 is 10.1 Å². The Balaban J connectivity index is 0.00000162. The van der Waals surface area contributed by atoms with Crippen LogP contribution < -0.4 is 5.32 Å². The van der Waals surface area contributed by atoms with Crippen molar-refractivity contribution < 1.29 is 22.7 Å². The average Bonchev–Trinajstić information content (AvgIpc) is 2.63. The second kappa shape index (κ2) is 5.24. The molecule has 1 fully saturated rings. The number of cyclic esters (lactones) is 1. The summed E-state index contributed by atoms with van der Waals surface area (Å²) in [5.41, 5.74) is -0.717. The topological polar surface area (TPSA) is 38.3 Å². The molecule has 0 radical (unpaired) electrons. The Morgan fingerprint density at radius 3 is 2.56 bits per heavy atom. The van der Waals surface area contributed by atoms with Crippen molar-refractivity contribution in [3.63, 3.8) is 0 Å². The number of carbonyl (C=O) groups excluding carboxylic acids is 1. The molecule has 1 saturated heterocycles. The molecule has 8 heteroatoms. The molecule has 1 amide bonds. The fourth-order valence-corrected chi connectivity index (χ4v) is 1.95. The molecule has 0 bridgehead atoms. The second-order valence-corrected chi connectivity index (χ2v) is 3.88. The van der Waals surface area contributed by atoms with Crippen LogP contribution >= 0.6 is 24.0 Å². The first kappa shape index (κ1) is 14.9. The number of halogens is 5. The molecular weight excluding hydrogens is 294 g/mol. The first-order valence-corrected chi connectivity index (χ1v) is 5.06. The number of rotatable bonds is 1. The monoisotopic (exact) mass is 301 g/mol. The molecule has 3 nitrogen and oxygen atoms in total. The molecule has 1 aromatic carbocycles. The highest BCUT2D eigenvalue weighted by molar-refractivity contribution is 6.32. The van der Waals surface area contributed by atoms with Crippen LogP contribution in [-0.2, 0) is 10.9 Å². The Labute approximate surface area is 112 Å². The minimum atomic E-state index is -4.52. The highest BCUT2D eigenvalue weighted by Crippen LogP contribution is 2.38. The van der Waals surface area contributed by atoms with E-state index < -0.39 is 28.9 Å². The number of amides is 1. The lowest BCUT2D eigenvalue weighted by Gasteiger charge is -2.15. The predicted octanol–water partition coefficient (Wildman–Crippen LogP) is 3.56. The van der Waals surface area contributed by atoms with Gasteiger partial charge >= 0.3 is 12.3 Å². The van der Waals surface area contributed by atoms with Gasteiger partial charge in [0.15, 0.2) is 0 Å². The summed E-state index contributed by atoms with van der Waals surface area (Å²) in [6, 6.07) is 2.92. The van der Waals surface area contributed by atoms with Crippen molar-refractivity contribution in [1.29, 1.82) is 0 Å². The number of alkyl halides is 3. The number of nitrogens with one attached hydrogen (secondary N) is 1. The summed E-state index contributed by atoms with van der Waals surface area (Å²) in [4.78, 5) is 10.8. The minimum absolute atomic E-state index is 0. The third-order valence-electron chi connectivity index (χ3n) is 2.38. The third-order valence-corrected chi connectivity index (χ3v) is 2.80. The maximum absolute atomic E-state index is 12.6. The molecule has 1 N–H and O–H groups in total. The van der Waals surface area contributed by atoms with Gasteiger partial charge in [-0.25, -0.2) is 4.79 Å². The van der Waals surface area contributed by atoms with Gasteiger partial charge in [0, 0.05) is 0 Å². The van der Waals surface area contributed by atoms with E-state index in [-0.39, 0.29) is 24.6 Å². The average molecular weight is 302 g/mol. The molecule has 1 aliphatic heterocycles. The Hall–Kier alpha value is -1.14. The van der Waals surface area contributed by atoms with Crippen LogP contribution in [0.15, 0.2) is 18.2 Å². The van der Waals surface area contributed by atoms with Crippen LogP contribution in [0.3, 0.4) is 0 Å². The summed E-state index contributed by atoms with van der Waals surface area (Å²) in [5, 5.41) is 1.97. The largest absolute Gasteiger partial charge is 0.447 e. The zero-order valence-corrected chi connectivity index (χ0v) is 10.3. The van der Waals surface area contributed by atoms with Crippen molar-refractivity contribution in [2.24, 2.45) is 0 Å². The van der Waals surface area contributed by atoms with Gasteiger partial charge in [0.05, 0.1) is 16.6 Å². The zero-order chi connectivity index (χ0) is 12.6. The van der Waals surface area contributed by atoms with Crippen LogP contribution in [0.2, 0.25) is 5.02 Å². The lowest BCUT2D eigenvalue weighted by molar-refractivity contribution is -0.137. The first-order chi connectivity index (χ1) is 7.89. The number of hydrogen-bond donors (Lipinski definition) is 1. The number of ether oxygens (including phenoxy) is 1. The predicted molar refractivity (Wildman–Crippen MR) is 60.9 cm³/mol. The Morgan fingerprint density at radius 2 is 2.06 bits per heavy atom. The van der Waals surface area contributed by atoms with Gasteiger partial charge in [-0.3, -0.25) is 0 Å². The molecule has 2 rings (SSSR count). The van der Waals surface area contributed by atoms with E-state index in [1.807, 2.05) is 0 Å². The molecule has 100 valence electrons. The Bertz CT molecular complexity index is 465. The maximum atomic E-state index is 12.6. The molecule has 1 aliphatic rings. The summed E-state index contributed by atoms with van der Waals surface area (Å²) >= 11 is 5.69. The molecule has 1 atom stereocenters. The minimum Gasteiger partial charge on any atom is -0.447 e. The standard InChI is InChI=1S/C10H7ClF3NO2.ClH/c11-8-5(7-4-17-9(16)15-7)2-1-3-6(8)10(12,13)14;/h1-3,7H,4H2,(H,15,16);1H/t7-;/m0./s1. The highest BCUT2D eigenvalue weighted by Gasteiger charge is 2.36. The lowest BCUT2D eigenvalue weighted by Crippen LogP contribution is -2.19. The number of benzene rings is 1. The lowest BCUT2D eigenvalue weighted by atomic mass is 10.0. The smallest absolute Gasteiger partial charge is 0.417 e. The first-order valence-electron chi connectivity index (χ1n) is 4.68. The molecule has 1 aromatic rings. The maximum Gasteiger partial charge on any atom is 0.417 e. The van der Waals surface area contributed by atoms with Crippen LogP contribution in [-0.4, -0.2) is 12.7 Å². The molecule has 18 heavy (non-hydrogen) atoms. The van der Waals surface area contributed by atoms with Gasteiger partial charge in [0.25, 0.3) is 0 Å². The van der Waals surface area contributed by atoms with Crippen LogP contribution in [0.5, 0.6) is 0 Å². The van der Waals surface area contributed by atoms with E-state index in [2.05, 4.69) is 10.1 Å². The SMILES string of the molecule is Cl.O=C1N[C@H](c2cccc(C(F)(F)F)c2Cl)CO1. The van der Waals surface area contributed by atoms with Crippen LogP contribution in [0.4, 0.5) is 18.0 Å². The molecule has 0 unspecified atom stereocenters. The number of alkyl carbamates (subject to hydrolysis) is 1. The molecule has 0 saturated carbocycles. The van der Waals surface area contributed by atoms with E-state index in [1.165, 1.54) is 12.1 Å². The summed E-state index contributed by atoms with van der Waals surface area (Å²) in [6.07, 6.45) is -5.18. The van der Waals surface area contributed by atoms with Gasteiger partial charge in [-0.1, -0.05) is 23.7 Å². The number of carbonyl (C=O) groups is 1. The third kappa shape index (κ3) is 2.81. The summed E-state index contributed by atoms with van der Waals surface area (Å²) in [5.74, 6) is 0. The molecule has 0 spiro atoms. The van der Waals surface area contributed by atoms with E-state index in [1.54, 1.807) is 0 Å². The normalized spacial score (nSPS) is 18.9. The second-order valence-electron chi connectivity index (χ2n) is 3.50. The van der Waals surface area contributed by atoms with E-state index in [0.29, 0.717) is 0 Å². The van der Waals surface area contributed by atoms with E-state index in [0.717, 1.165) is 6.07 Å². The summed E-state index contributed by atoms with van der Waals surface area (Å²) in [7, 11) is 0. The number of hydrogen-bond acceptors (Lipinski definition) is 2. The van der Waals surface area contributed by atoms with E-state index in [9.17, 15) is 18.0 Å². The van der Waals surface area contributed by atoms with Crippen molar-refractivity contribution in [1.82, 2.24) is 5.32 Å². The summed E-state index contributed by atoms with van der Waals surface area (Å²) < 4.78 is 42.4. The summed E-state index contributed by atoms with van der Waals surface area (Å²) in [6.45, 7) is -0.0279. The zero-order valence-electron chi connectivity index (χ0n) is 8.75. The van der Waals surface area contributed by atoms with E-state index in [4.69, 9.17) is 11.6 Å². The van der Waals surface area contributed by atoms with Crippen LogP contribution in [0.1, 0.15) is 17.2 Å². The Morgan fingerprint density at radius 1 is 1.39 bits per heavy atom. The van der Waals surface area contributed by atoms with Gasteiger partial charge in [-0.05, 0) is 11.6 Å². The van der Waals surface area contributed by atoms with Crippen molar-refractivity contribution in [2.45, 2.75) is 12.2 Å². The van der Waals surface area contributed by atoms with Gasteiger partial charge in [0.1, 0.15) is 6.61 Å². The highest BCUT2D eigenvalue weighted by atomic mass is 35.5. The van der Waals surface area contributed by atoms with Crippen molar-refractivity contribution in [3.05, 3.63) is 34.3 Å². The molecule has 0 aliphatic carbocycles. The van der Waals surface area contributed by atoms with Crippen molar-refractivity contribution in [2.75, 3.05) is 6.61 Å². The quantitative estimate of drug-likeness (QED) is 0.861. The fourth-order valence-electron chi connectivity index (χ4n) is 1.59. The van der Waals surface area contributed by atoms with Gasteiger partial charge in [-0.2, -0.15) is 13.2 Å². The van der Waals surface area contributed by atoms with E-state index >= 15 is 0 Å². The van der Waals surface area contributed by atoms with Crippen LogP contribution in [0.25, 0.3) is 0 Å².